The highest BCUT2D eigenvalue weighted by atomic mass is 35.5. The maximum atomic E-state index is 12.9. The molecular weight excluding hydrogens is 444 g/mol. The summed E-state index contributed by atoms with van der Waals surface area (Å²) in [5, 5.41) is 0.180. The number of amides is 2. The normalized spacial score (nSPS) is 14.3. The van der Waals surface area contributed by atoms with Crippen LogP contribution in [0.15, 0.2) is 41.3 Å². The van der Waals surface area contributed by atoms with Gasteiger partial charge in [0.05, 0.1) is 29.7 Å². The molecular formula is C21H23ClN2O6S. The van der Waals surface area contributed by atoms with Crippen molar-refractivity contribution in [3.05, 3.63) is 52.5 Å². The highest BCUT2D eigenvalue weighted by molar-refractivity contribution is 7.90. The zero-order valence-electron chi connectivity index (χ0n) is 17.4. The monoisotopic (exact) mass is 466 g/mol. The number of methoxy groups -OCH3 is 2. The molecule has 0 bridgehead atoms. The van der Waals surface area contributed by atoms with Crippen LogP contribution in [0, 0.1) is 0 Å². The maximum Gasteiger partial charge on any atom is 0.255 e. The number of sulfone groups is 1. The predicted molar refractivity (Wildman–Crippen MR) is 116 cm³/mol. The molecule has 10 heteroatoms. The quantitative estimate of drug-likeness (QED) is 0.671. The average Bonchev–Trinajstić information content (AvgIpc) is 2.77. The third-order valence-corrected chi connectivity index (χ3v) is 6.49. The summed E-state index contributed by atoms with van der Waals surface area (Å²) in [5.41, 5.74) is 0.557. The molecule has 2 aromatic rings. The zero-order valence-corrected chi connectivity index (χ0v) is 19.0. The molecule has 31 heavy (non-hydrogen) atoms. The van der Waals surface area contributed by atoms with E-state index in [1.807, 2.05) is 0 Å². The summed E-state index contributed by atoms with van der Waals surface area (Å²) in [7, 11) is -0.449. The van der Waals surface area contributed by atoms with E-state index in [9.17, 15) is 18.0 Å². The minimum atomic E-state index is -3.47. The third kappa shape index (κ3) is 5.11. The molecule has 0 spiro atoms. The molecule has 1 aliphatic rings. The van der Waals surface area contributed by atoms with Gasteiger partial charge in [0.1, 0.15) is 11.5 Å². The molecule has 0 radical (unpaired) electrons. The summed E-state index contributed by atoms with van der Waals surface area (Å²) in [6, 6.07) is 9.02. The van der Waals surface area contributed by atoms with Crippen molar-refractivity contribution in [1.82, 2.24) is 9.80 Å². The lowest BCUT2D eigenvalue weighted by Gasteiger charge is -2.35. The second-order valence-electron chi connectivity index (χ2n) is 7.10. The van der Waals surface area contributed by atoms with Gasteiger partial charge >= 0.3 is 0 Å². The van der Waals surface area contributed by atoms with Crippen molar-refractivity contribution in [2.24, 2.45) is 0 Å². The summed E-state index contributed by atoms with van der Waals surface area (Å²) < 4.78 is 34.1. The molecule has 0 aromatic heterocycles. The fraction of sp³-hybridized carbons (Fsp3) is 0.333. The van der Waals surface area contributed by atoms with Gasteiger partial charge < -0.3 is 19.3 Å². The average molecular weight is 467 g/mol. The van der Waals surface area contributed by atoms with Crippen molar-refractivity contribution < 1.29 is 27.5 Å². The van der Waals surface area contributed by atoms with Gasteiger partial charge in [-0.2, -0.15) is 0 Å². The smallest absolute Gasteiger partial charge is 0.255 e. The van der Waals surface area contributed by atoms with Gasteiger partial charge in [-0.3, -0.25) is 9.59 Å². The number of hydrogen-bond donors (Lipinski definition) is 0. The van der Waals surface area contributed by atoms with Crippen LogP contribution in [0.2, 0.25) is 5.02 Å². The predicted octanol–water partition coefficient (Wildman–Crippen LogP) is 2.36. The minimum Gasteiger partial charge on any atom is -0.497 e. The van der Waals surface area contributed by atoms with E-state index >= 15 is 0 Å². The number of ether oxygens (including phenoxy) is 2. The lowest BCUT2D eigenvalue weighted by atomic mass is 10.1. The first-order valence-corrected chi connectivity index (χ1v) is 11.7. The molecule has 1 fully saturated rings. The Labute approximate surface area is 186 Å². The van der Waals surface area contributed by atoms with Crippen LogP contribution in [0.1, 0.15) is 20.7 Å². The van der Waals surface area contributed by atoms with E-state index in [1.165, 1.54) is 32.4 Å². The Morgan fingerprint density at radius 3 is 1.87 bits per heavy atom. The van der Waals surface area contributed by atoms with Crippen molar-refractivity contribution >= 4 is 33.3 Å². The van der Waals surface area contributed by atoms with Crippen LogP contribution >= 0.6 is 11.6 Å². The number of carbonyl (C=O) groups excluding carboxylic acids is 2. The van der Waals surface area contributed by atoms with Crippen molar-refractivity contribution in [1.29, 1.82) is 0 Å². The van der Waals surface area contributed by atoms with Crippen molar-refractivity contribution in [2.45, 2.75) is 4.90 Å². The number of benzene rings is 2. The number of piperazine rings is 1. The molecule has 0 atom stereocenters. The number of hydrogen-bond acceptors (Lipinski definition) is 6. The Hall–Kier alpha value is -2.78. The van der Waals surface area contributed by atoms with Crippen LogP contribution in [0.4, 0.5) is 0 Å². The van der Waals surface area contributed by atoms with Gasteiger partial charge in [0.15, 0.2) is 9.84 Å². The molecule has 1 heterocycles. The van der Waals surface area contributed by atoms with Gasteiger partial charge in [-0.1, -0.05) is 11.6 Å². The van der Waals surface area contributed by atoms with Crippen LogP contribution in [0.5, 0.6) is 11.5 Å². The lowest BCUT2D eigenvalue weighted by Crippen LogP contribution is -2.50. The van der Waals surface area contributed by atoms with E-state index in [4.69, 9.17) is 21.1 Å². The van der Waals surface area contributed by atoms with Crippen LogP contribution in [0.25, 0.3) is 0 Å². The van der Waals surface area contributed by atoms with Crippen LogP contribution in [-0.4, -0.2) is 76.7 Å². The van der Waals surface area contributed by atoms with E-state index in [2.05, 4.69) is 0 Å². The highest BCUT2D eigenvalue weighted by Crippen LogP contribution is 2.25. The van der Waals surface area contributed by atoms with Gasteiger partial charge in [0, 0.05) is 44.1 Å². The Kier molecular flexibility index (Phi) is 6.76. The fourth-order valence-electron chi connectivity index (χ4n) is 3.30. The van der Waals surface area contributed by atoms with Gasteiger partial charge in [-0.15, -0.1) is 0 Å². The summed E-state index contributed by atoms with van der Waals surface area (Å²) >= 11 is 6.15. The van der Waals surface area contributed by atoms with Gasteiger partial charge in [-0.05, 0) is 30.3 Å². The third-order valence-electron chi connectivity index (χ3n) is 5.05. The second-order valence-corrected chi connectivity index (χ2v) is 9.52. The van der Waals surface area contributed by atoms with Gasteiger partial charge in [0.25, 0.3) is 11.8 Å². The molecule has 166 valence electrons. The lowest BCUT2D eigenvalue weighted by molar-refractivity contribution is 0.0535. The number of nitrogens with zero attached hydrogens (tertiary/aromatic N) is 2. The summed E-state index contributed by atoms with van der Waals surface area (Å²) in [6.45, 7) is 1.25. The number of halogens is 1. The molecule has 0 N–H and O–H groups in total. The maximum absolute atomic E-state index is 12.9. The van der Waals surface area contributed by atoms with E-state index in [-0.39, 0.29) is 27.3 Å². The molecule has 2 amide bonds. The van der Waals surface area contributed by atoms with Crippen molar-refractivity contribution in [3.63, 3.8) is 0 Å². The van der Waals surface area contributed by atoms with Crippen molar-refractivity contribution in [2.75, 3.05) is 46.7 Å². The molecule has 8 nitrogen and oxygen atoms in total. The molecule has 2 aromatic carbocycles. The van der Waals surface area contributed by atoms with E-state index in [0.717, 1.165) is 6.26 Å². The summed E-state index contributed by atoms with van der Waals surface area (Å²) in [6.07, 6.45) is 1.07. The van der Waals surface area contributed by atoms with E-state index in [1.54, 1.807) is 28.0 Å². The Morgan fingerprint density at radius 1 is 0.871 bits per heavy atom. The van der Waals surface area contributed by atoms with Gasteiger partial charge in [0.2, 0.25) is 0 Å². The number of rotatable bonds is 5. The fourth-order valence-corrected chi connectivity index (χ4v) is 4.14. The molecule has 0 unspecified atom stereocenters. The Morgan fingerprint density at radius 2 is 1.39 bits per heavy atom. The first-order chi connectivity index (χ1) is 14.6. The SMILES string of the molecule is COc1cc(OC)cc(C(=O)N2CCN(C(=O)c3cc(S(C)(=O)=O)ccc3Cl)CC2)c1. The van der Waals surface area contributed by atoms with E-state index < -0.39 is 9.84 Å². The molecule has 3 rings (SSSR count). The molecule has 0 aliphatic carbocycles. The molecule has 0 saturated carbocycles. The van der Waals surface area contributed by atoms with Crippen LogP contribution in [-0.2, 0) is 9.84 Å². The highest BCUT2D eigenvalue weighted by Gasteiger charge is 2.27. The molecule has 1 saturated heterocycles. The van der Waals surface area contributed by atoms with E-state index in [0.29, 0.717) is 43.2 Å². The standard InChI is InChI=1S/C21H23ClN2O6S/c1-29-15-10-14(11-16(12-15)30-2)20(25)23-6-8-24(9-7-23)21(26)18-13-17(31(3,27)28)4-5-19(18)22/h4-5,10-13H,6-9H2,1-3H3. The zero-order chi connectivity index (χ0) is 22.8. The molecule has 1 aliphatic heterocycles. The topological polar surface area (TPSA) is 93.2 Å². The largest absolute Gasteiger partial charge is 0.497 e. The minimum absolute atomic E-state index is 0.0287. The van der Waals surface area contributed by atoms with Crippen LogP contribution < -0.4 is 9.47 Å². The summed E-state index contributed by atoms with van der Waals surface area (Å²) in [4.78, 5) is 29.1. The second kappa shape index (κ2) is 9.15. The van der Waals surface area contributed by atoms with Crippen LogP contribution in [0.3, 0.4) is 0 Å². The number of carbonyl (C=O) groups is 2. The Balaban J connectivity index is 1.73. The van der Waals surface area contributed by atoms with Gasteiger partial charge in [-0.25, -0.2) is 8.42 Å². The summed E-state index contributed by atoms with van der Waals surface area (Å²) in [5.74, 6) is 0.459. The first-order valence-electron chi connectivity index (χ1n) is 9.45. The Bertz CT molecular complexity index is 1090. The first kappa shape index (κ1) is 22.9. The van der Waals surface area contributed by atoms with Crippen molar-refractivity contribution in [3.8, 4) is 11.5 Å².